The molecule has 0 aliphatic carbocycles. The number of aliphatic hydroxyl groups is 1. The van der Waals surface area contributed by atoms with E-state index < -0.39 is 0 Å². The van der Waals surface area contributed by atoms with Crippen molar-refractivity contribution in [3.63, 3.8) is 0 Å². The largest absolute Gasteiger partial charge is 0.389 e. The van der Waals surface area contributed by atoms with Crippen LogP contribution in [0.1, 0.15) is 33.1 Å². The molecule has 1 saturated heterocycles. The summed E-state index contributed by atoms with van der Waals surface area (Å²) >= 11 is 0. The summed E-state index contributed by atoms with van der Waals surface area (Å²) in [5, 5.41) is 9.89. The van der Waals surface area contributed by atoms with Crippen molar-refractivity contribution in [2.45, 2.75) is 39.2 Å². The molecule has 18 heavy (non-hydrogen) atoms. The van der Waals surface area contributed by atoms with Gasteiger partial charge in [0.05, 0.1) is 12.7 Å². The molecule has 1 atom stereocenters. The lowest BCUT2D eigenvalue weighted by molar-refractivity contribution is 0.00651. The second-order valence-electron chi connectivity index (χ2n) is 5.22. The Morgan fingerprint density at radius 2 is 1.72 bits per heavy atom. The third kappa shape index (κ3) is 6.69. The molecule has 0 amide bonds. The Hall–Kier alpha value is -0.160. The van der Waals surface area contributed by atoms with Gasteiger partial charge >= 0.3 is 0 Å². The van der Waals surface area contributed by atoms with Crippen molar-refractivity contribution in [1.29, 1.82) is 0 Å². The highest BCUT2D eigenvalue weighted by Gasteiger charge is 2.18. The number of unbranched alkanes of at least 4 members (excludes halogenated alkanes) is 1. The topological polar surface area (TPSA) is 35.9 Å². The molecule has 108 valence electrons. The van der Waals surface area contributed by atoms with E-state index in [1.54, 1.807) is 0 Å². The highest BCUT2D eigenvalue weighted by atomic mass is 16.5. The Bertz CT molecular complexity index is 194. The minimum atomic E-state index is -0.334. The maximum atomic E-state index is 9.89. The fraction of sp³-hybridized carbons (Fsp3) is 1.00. The van der Waals surface area contributed by atoms with E-state index in [4.69, 9.17) is 4.74 Å². The third-order valence-corrected chi connectivity index (χ3v) is 3.43. The summed E-state index contributed by atoms with van der Waals surface area (Å²) in [4.78, 5) is 4.85. The maximum Gasteiger partial charge on any atom is 0.0900 e. The van der Waals surface area contributed by atoms with Gasteiger partial charge in [0.15, 0.2) is 0 Å². The number of piperazine rings is 1. The van der Waals surface area contributed by atoms with Gasteiger partial charge in [-0.05, 0) is 19.4 Å². The molecule has 1 aliphatic heterocycles. The average molecular weight is 258 g/mol. The van der Waals surface area contributed by atoms with Gasteiger partial charge in [-0.3, -0.25) is 4.90 Å². The van der Waals surface area contributed by atoms with Gasteiger partial charge < -0.3 is 14.7 Å². The van der Waals surface area contributed by atoms with Crippen molar-refractivity contribution in [1.82, 2.24) is 9.80 Å². The molecule has 4 heteroatoms. The fourth-order valence-electron chi connectivity index (χ4n) is 2.33. The number of hydrogen-bond donors (Lipinski definition) is 1. The molecule has 0 saturated carbocycles. The molecule has 0 bridgehead atoms. The molecule has 1 fully saturated rings. The highest BCUT2D eigenvalue weighted by molar-refractivity contribution is 4.73. The van der Waals surface area contributed by atoms with E-state index in [9.17, 15) is 5.11 Å². The van der Waals surface area contributed by atoms with E-state index in [1.165, 1.54) is 13.0 Å². The van der Waals surface area contributed by atoms with E-state index in [1.807, 2.05) is 0 Å². The predicted octanol–water partition coefficient (Wildman–Crippen LogP) is 1.19. The SMILES string of the molecule is CCCCOCC(O)CN1CCN(CCC)CC1. The molecule has 1 unspecified atom stereocenters. The molecule has 1 rings (SSSR count). The molecule has 1 aliphatic rings. The van der Waals surface area contributed by atoms with Gasteiger partial charge in [0.2, 0.25) is 0 Å². The number of ether oxygens (including phenoxy) is 1. The van der Waals surface area contributed by atoms with Gasteiger partial charge in [-0.25, -0.2) is 0 Å². The molecule has 0 spiro atoms. The number of nitrogens with zero attached hydrogens (tertiary/aromatic N) is 2. The summed E-state index contributed by atoms with van der Waals surface area (Å²) in [6.07, 6.45) is 3.13. The number of β-amino-alcohol motifs (C(OH)–C–C–N with tert-alkyl or cyclic N) is 1. The Kier molecular flexibility index (Phi) is 8.59. The van der Waals surface area contributed by atoms with Crippen LogP contribution < -0.4 is 0 Å². The summed E-state index contributed by atoms with van der Waals surface area (Å²) in [7, 11) is 0. The molecule has 1 N–H and O–H groups in total. The quantitative estimate of drug-likeness (QED) is 0.630. The van der Waals surface area contributed by atoms with Crippen LogP contribution in [-0.2, 0) is 4.74 Å². The van der Waals surface area contributed by atoms with Crippen LogP contribution in [0.25, 0.3) is 0 Å². The fourth-order valence-corrected chi connectivity index (χ4v) is 2.33. The van der Waals surface area contributed by atoms with Gasteiger partial charge in [0.25, 0.3) is 0 Å². The molecule has 0 aromatic rings. The first-order valence-electron chi connectivity index (χ1n) is 7.46. The number of hydrogen-bond acceptors (Lipinski definition) is 4. The molecule has 1 heterocycles. The van der Waals surface area contributed by atoms with Crippen molar-refractivity contribution in [3.8, 4) is 0 Å². The van der Waals surface area contributed by atoms with Crippen molar-refractivity contribution >= 4 is 0 Å². The van der Waals surface area contributed by atoms with Crippen LogP contribution in [0.4, 0.5) is 0 Å². The zero-order valence-corrected chi connectivity index (χ0v) is 12.1. The zero-order valence-electron chi connectivity index (χ0n) is 12.1. The Morgan fingerprint density at radius 1 is 1.06 bits per heavy atom. The summed E-state index contributed by atoms with van der Waals surface area (Å²) < 4.78 is 5.45. The molecule has 0 aromatic heterocycles. The van der Waals surface area contributed by atoms with E-state index in [-0.39, 0.29) is 6.10 Å². The molecular formula is C14H30N2O2. The van der Waals surface area contributed by atoms with Crippen molar-refractivity contribution in [3.05, 3.63) is 0 Å². The van der Waals surface area contributed by atoms with Gasteiger partial charge in [0, 0.05) is 39.3 Å². The zero-order chi connectivity index (χ0) is 13.2. The third-order valence-electron chi connectivity index (χ3n) is 3.43. The summed E-state index contributed by atoms with van der Waals surface area (Å²) in [5.41, 5.74) is 0. The molecule has 4 nitrogen and oxygen atoms in total. The first-order valence-corrected chi connectivity index (χ1v) is 7.46. The first-order chi connectivity index (χ1) is 8.76. The number of rotatable bonds is 9. The van der Waals surface area contributed by atoms with Crippen LogP contribution in [0, 0.1) is 0 Å². The normalized spacial score (nSPS) is 20.2. The van der Waals surface area contributed by atoms with Crippen LogP contribution in [0.2, 0.25) is 0 Å². The van der Waals surface area contributed by atoms with Crippen molar-refractivity contribution in [2.24, 2.45) is 0 Å². The lowest BCUT2D eigenvalue weighted by atomic mass is 10.2. The summed E-state index contributed by atoms with van der Waals surface area (Å²) in [6.45, 7) is 12.0. The van der Waals surface area contributed by atoms with Crippen molar-refractivity contribution in [2.75, 3.05) is 52.5 Å². The molecular weight excluding hydrogens is 228 g/mol. The van der Waals surface area contributed by atoms with E-state index >= 15 is 0 Å². The Morgan fingerprint density at radius 3 is 2.33 bits per heavy atom. The van der Waals surface area contributed by atoms with E-state index in [0.717, 1.165) is 52.2 Å². The van der Waals surface area contributed by atoms with Gasteiger partial charge in [0.1, 0.15) is 0 Å². The lowest BCUT2D eigenvalue weighted by Gasteiger charge is -2.35. The van der Waals surface area contributed by atoms with Gasteiger partial charge in [-0.15, -0.1) is 0 Å². The van der Waals surface area contributed by atoms with E-state index in [2.05, 4.69) is 23.6 Å². The summed E-state index contributed by atoms with van der Waals surface area (Å²) in [5.74, 6) is 0. The maximum absolute atomic E-state index is 9.89. The van der Waals surface area contributed by atoms with Gasteiger partial charge in [-0.1, -0.05) is 20.3 Å². The predicted molar refractivity (Wildman–Crippen MR) is 74.9 cm³/mol. The standard InChI is InChI=1S/C14H30N2O2/c1-3-5-11-18-13-14(17)12-16-9-7-15(6-4-2)8-10-16/h14,17H,3-13H2,1-2H3. The second-order valence-corrected chi connectivity index (χ2v) is 5.22. The Labute approximate surface area is 112 Å². The van der Waals surface area contributed by atoms with Crippen LogP contribution in [0.5, 0.6) is 0 Å². The van der Waals surface area contributed by atoms with E-state index in [0.29, 0.717) is 6.61 Å². The highest BCUT2D eigenvalue weighted by Crippen LogP contribution is 2.03. The first kappa shape index (κ1) is 15.9. The van der Waals surface area contributed by atoms with Crippen LogP contribution in [0.3, 0.4) is 0 Å². The van der Waals surface area contributed by atoms with Gasteiger partial charge in [-0.2, -0.15) is 0 Å². The molecule has 0 aromatic carbocycles. The lowest BCUT2D eigenvalue weighted by Crippen LogP contribution is -2.49. The smallest absolute Gasteiger partial charge is 0.0900 e. The Balaban J connectivity index is 2.05. The summed E-state index contributed by atoms with van der Waals surface area (Å²) in [6, 6.07) is 0. The van der Waals surface area contributed by atoms with Crippen LogP contribution in [0.15, 0.2) is 0 Å². The number of aliphatic hydroxyl groups excluding tert-OH is 1. The minimum Gasteiger partial charge on any atom is -0.389 e. The van der Waals surface area contributed by atoms with Crippen molar-refractivity contribution < 1.29 is 9.84 Å². The minimum absolute atomic E-state index is 0.334. The average Bonchev–Trinajstić information content (AvgIpc) is 2.37. The monoisotopic (exact) mass is 258 g/mol. The second kappa shape index (κ2) is 9.73. The van der Waals surface area contributed by atoms with Crippen LogP contribution in [-0.4, -0.2) is 73.5 Å². The molecule has 0 radical (unpaired) electrons. The van der Waals surface area contributed by atoms with Crippen LogP contribution >= 0.6 is 0 Å².